The van der Waals surface area contributed by atoms with Crippen molar-refractivity contribution in [2.75, 3.05) is 0 Å². The average Bonchev–Trinajstić information content (AvgIpc) is 2.84. The quantitative estimate of drug-likeness (QED) is 0.408. The summed E-state index contributed by atoms with van der Waals surface area (Å²) in [5.41, 5.74) is 3.43. The van der Waals surface area contributed by atoms with Gasteiger partial charge in [-0.2, -0.15) is 5.10 Å². The second-order valence-corrected chi connectivity index (χ2v) is 8.73. The maximum absolute atomic E-state index is 10.0. The van der Waals surface area contributed by atoms with E-state index in [-0.39, 0.29) is 11.5 Å². The van der Waals surface area contributed by atoms with Gasteiger partial charge in [0, 0.05) is 11.1 Å². The average molecular weight is 302 g/mol. The van der Waals surface area contributed by atoms with Gasteiger partial charge in [-0.15, -0.1) is 0 Å². The number of hydrogen-bond donors (Lipinski definition) is 2. The van der Waals surface area contributed by atoms with Gasteiger partial charge in [0.2, 0.25) is 0 Å². The molecule has 0 aromatic carbocycles. The Kier molecular flexibility index (Phi) is 3.24. The number of nitrogens with zero attached hydrogens (tertiary/aromatic N) is 1. The summed E-state index contributed by atoms with van der Waals surface area (Å²) in [6.07, 6.45) is 11.6. The van der Waals surface area contributed by atoms with Crippen LogP contribution >= 0.6 is 0 Å². The Morgan fingerprint density at radius 1 is 1.14 bits per heavy atom. The van der Waals surface area contributed by atoms with Gasteiger partial charge in [0.15, 0.2) is 0 Å². The van der Waals surface area contributed by atoms with Crippen molar-refractivity contribution in [3.8, 4) is 0 Å². The molecule has 3 saturated carbocycles. The molecule has 0 unspecified atom stereocenters. The second-order valence-electron chi connectivity index (χ2n) is 8.73. The molecule has 0 aromatic heterocycles. The fourth-order valence-electron chi connectivity index (χ4n) is 6.64. The van der Waals surface area contributed by atoms with Crippen molar-refractivity contribution in [3.63, 3.8) is 0 Å². The standard InChI is InChI=1S/C19H30N2O/c1-18-9-7-13(22)11-12(18)3-4-14-15-5-6-17(21-20)19(15,2)10-8-16(14)18/h3,13-16,22H,4-11,20H2,1-2H3/b21-17-/t13-,14+,15-,16+,18-,19-/m0/s1. The van der Waals surface area contributed by atoms with Crippen LogP contribution in [0.15, 0.2) is 16.8 Å². The highest BCUT2D eigenvalue weighted by molar-refractivity contribution is 5.92. The predicted octanol–water partition coefficient (Wildman–Crippen LogP) is 3.62. The number of allylic oxidation sites excluding steroid dienone is 1. The molecule has 3 nitrogen and oxygen atoms in total. The van der Waals surface area contributed by atoms with E-state index in [0.717, 1.165) is 37.0 Å². The predicted molar refractivity (Wildman–Crippen MR) is 89.3 cm³/mol. The summed E-state index contributed by atoms with van der Waals surface area (Å²) < 4.78 is 0. The van der Waals surface area contributed by atoms with E-state index in [1.54, 1.807) is 5.57 Å². The van der Waals surface area contributed by atoms with Gasteiger partial charge in [0.1, 0.15) is 0 Å². The van der Waals surface area contributed by atoms with Crippen molar-refractivity contribution in [1.29, 1.82) is 0 Å². The molecule has 3 heteroatoms. The van der Waals surface area contributed by atoms with Gasteiger partial charge in [0.05, 0.1) is 6.10 Å². The van der Waals surface area contributed by atoms with Crippen molar-refractivity contribution in [3.05, 3.63) is 11.6 Å². The first kappa shape index (κ1) is 14.7. The van der Waals surface area contributed by atoms with Gasteiger partial charge in [-0.25, -0.2) is 0 Å². The van der Waals surface area contributed by atoms with Crippen LogP contribution in [0.4, 0.5) is 0 Å². The van der Waals surface area contributed by atoms with Crippen LogP contribution in [0.3, 0.4) is 0 Å². The molecule has 0 bridgehead atoms. The monoisotopic (exact) mass is 302 g/mol. The summed E-state index contributed by atoms with van der Waals surface area (Å²) >= 11 is 0. The molecule has 6 atom stereocenters. The molecule has 3 fully saturated rings. The van der Waals surface area contributed by atoms with Crippen molar-refractivity contribution in [2.24, 2.45) is 39.5 Å². The molecule has 3 N–H and O–H groups in total. The van der Waals surface area contributed by atoms with Gasteiger partial charge in [-0.3, -0.25) is 0 Å². The van der Waals surface area contributed by atoms with E-state index in [9.17, 15) is 5.11 Å². The molecule has 0 amide bonds. The Balaban J connectivity index is 1.69. The van der Waals surface area contributed by atoms with Crippen LogP contribution in [0.2, 0.25) is 0 Å². The molecule has 0 saturated heterocycles. The van der Waals surface area contributed by atoms with Crippen LogP contribution in [0.25, 0.3) is 0 Å². The van der Waals surface area contributed by atoms with Crippen LogP contribution in [-0.4, -0.2) is 16.9 Å². The molecule has 0 radical (unpaired) electrons. The Bertz CT molecular complexity index is 540. The number of fused-ring (bicyclic) bond motifs is 5. The maximum Gasteiger partial charge on any atom is 0.0577 e. The molecule has 0 aliphatic heterocycles. The van der Waals surface area contributed by atoms with Crippen LogP contribution in [-0.2, 0) is 0 Å². The summed E-state index contributed by atoms with van der Waals surface area (Å²) in [5, 5.41) is 14.2. The van der Waals surface area contributed by atoms with E-state index in [0.29, 0.717) is 5.41 Å². The van der Waals surface area contributed by atoms with Gasteiger partial charge >= 0.3 is 0 Å². The first-order valence-corrected chi connectivity index (χ1v) is 9.14. The number of nitrogens with two attached hydrogens (primary N) is 1. The third-order valence-corrected chi connectivity index (χ3v) is 7.97. The van der Waals surface area contributed by atoms with Crippen LogP contribution < -0.4 is 5.84 Å². The van der Waals surface area contributed by atoms with Crippen LogP contribution in [0.5, 0.6) is 0 Å². The normalized spacial score (nSPS) is 52.7. The first-order valence-electron chi connectivity index (χ1n) is 9.14. The molecule has 122 valence electrons. The third-order valence-electron chi connectivity index (χ3n) is 7.97. The van der Waals surface area contributed by atoms with Crippen LogP contribution in [0.1, 0.15) is 65.2 Å². The third kappa shape index (κ3) is 1.81. The fourth-order valence-corrected chi connectivity index (χ4v) is 6.64. The molecular formula is C19H30N2O. The number of aliphatic hydroxyl groups is 1. The highest BCUT2D eigenvalue weighted by Crippen LogP contribution is 2.64. The fraction of sp³-hybridized carbons (Fsp3) is 0.842. The minimum atomic E-state index is -0.104. The molecule has 0 aromatic rings. The second kappa shape index (κ2) is 4.83. The van der Waals surface area contributed by atoms with Gasteiger partial charge < -0.3 is 10.9 Å². The van der Waals surface area contributed by atoms with E-state index >= 15 is 0 Å². The summed E-state index contributed by atoms with van der Waals surface area (Å²) in [5.74, 6) is 8.04. The molecule has 4 aliphatic rings. The number of rotatable bonds is 0. The largest absolute Gasteiger partial charge is 0.393 e. The summed E-state index contributed by atoms with van der Waals surface area (Å²) in [6, 6.07) is 0. The van der Waals surface area contributed by atoms with Gasteiger partial charge in [-0.1, -0.05) is 25.5 Å². The van der Waals surface area contributed by atoms with Gasteiger partial charge in [0.25, 0.3) is 0 Å². The van der Waals surface area contributed by atoms with E-state index in [2.05, 4.69) is 25.0 Å². The molecule has 0 spiro atoms. The minimum Gasteiger partial charge on any atom is -0.393 e. The minimum absolute atomic E-state index is 0.104. The zero-order valence-corrected chi connectivity index (χ0v) is 14.0. The van der Waals surface area contributed by atoms with Gasteiger partial charge in [-0.05, 0) is 74.5 Å². The molecule has 22 heavy (non-hydrogen) atoms. The highest BCUT2D eigenvalue weighted by Gasteiger charge is 2.57. The Morgan fingerprint density at radius 2 is 1.86 bits per heavy atom. The Labute approximate surface area is 134 Å². The van der Waals surface area contributed by atoms with E-state index in [4.69, 9.17) is 5.84 Å². The SMILES string of the molecule is C[C@]12CC[C@H](O)CC1=CC[C@H]1[C@H]2CC[C@]2(C)/C(=N\N)CC[C@@H]12. The number of aliphatic hydroxyl groups excluding tert-OH is 1. The molecular weight excluding hydrogens is 272 g/mol. The summed E-state index contributed by atoms with van der Waals surface area (Å²) in [4.78, 5) is 0. The summed E-state index contributed by atoms with van der Waals surface area (Å²) in [6.45, 7) is 4.90. The lowest BCUT2D eigenvalue weighted by Crippen LogP contribution is -2.50. The number of hydrazone groups is 1. The lowest BCUT2D eigenvalue weighted by atomic mass is 9.48. The maximum atomic E-state index is 10.0. The van der Waals surface area contributed by atoms with E-state index in [1.165, 1.54) is 37.8 Å². The first-order chi connectivity index (χ1) is 10.5. The van der Waals surface area contributed by atoms with E-state index in [1.807, 2.05) is 0 Å². The van der Waals surface area contributed by atoms with Crippen molar-refractivity contribution in [1.82, 2.24) is 0 Å². The molecule has 4 aliphatic carbocycles. The lowest BCUT2D eigenvalue weighted by Gasteiger charge is -2.57. The smallest absolute Gasteiger partial charge is 0.0577 e. The zero-order valence-electron chi connectivity index (χ0n) is 14.0. The van der Waals surface area contributed by atoms with Crippen molar-refractivity contribution < 1.29 is 5.11 Å². The Hall–Kier alpha value is -0.830. The molecule has 4 rings (SSSR count). The van der Waals surface area contributed by atoms with Crippen molar-refractivity contribution >= 4 is 5.71 Å². The highest BCUT2D eigenvalue weighted by atomic mass is 16.3. The van der Waals surface area contributed by atoms with Crippen molar-refractivity contribution in [2.45, 2.75) is 71.3 Å². The molecule has 0 heterocycles. The lowest BCUT2D eigenvalue weighted by molar-refractivity contribution is -0.0209. The topological polar surface area (TPSA) is 58.6 Å². The van der Waals surface area contributed by atoms with Crippen LogP contribution in [0, 0.1) is 28.6 Å². The van der Waals surface area contributed by atoms with E-state index < -0.39 is 0 Å². The number of hydrogen-bond acceptors (Lipinski definition) is 3. The zero-order chi connectivity index (χ0) is 15.5. The Morgan fingerprint density at radius 3 is 2.64 bits per heavy atom. The summed E-state index contributed by atoms with van der Waals surface area (Å²) in [7, 11) is 0.